The average molecular weight is 498 g/mol. The van der Waals surface area contributed by atoms with Gasteiger partial charge in [0.15, 0.2) is 16.7 Å². The molecule has 0 bridgehead atoms. The smallest absolute Gasteiger partial charge is 0.266 e. The maximum Gasteiger partial charge on any atom is 0.266 e. The molecule has 0 radical (unpaired) electrons. The molecule has 3 aromatic carbocycles. The van der Waals surface area contributed by atoms with Crippen molar-refractivity contribution in [2.24, 2.45) is 4.99 Å². The highest BCUT2D eigenvalue weighted by molar-refractivity contribution is 8.18. The molecule has 7 heteroatoms. The molecule has 1 amide bonds. The quantitative estimate of drug-likeness (QED) is 0.354. The van der Waals surface area contributed by atoms with Crippen molar-refractivity contribution >= 4 is 34.6 Å². The molecular formula is C29H27N3O3S. The largest absolute Gasteiger partial charge is 0.493 e. The summed E-state index contributed by atoms with van der Waals surface area (Å²) in [6, 6.07) is 21.1. The van der Waals surface area contributed by atoms with Gasteiger partial charge in [0.1, 0.15) is 6.61 Å². The Kier molecular flexibility index (Phi) is 7.77. The number of hydrogen-bond acceptors (Lipinski definition) is 6. The van der Waals surface area contributed by atoms with Crippen LogP contribution in [0.5, 0.6) is 11.5 Å². The van der Waals surface area contributed by atoms with E-state index in [4.69, 9.17) is 14.5 Å². The highest BCUT2D eigenvalue weighted by Crippen LogP contribution is 2.36. The fourth-order valence-corrected chi connectivity index (χ4v) is 4.79. The number of ether oxygens (including phenoxy) is 2. The predicted octanol–water partition coefficient (Wildman–Crippen LogP) is 6.39. The van der Waals surface area contributed by atoms with E-state index in [9.17, 15) is 10.1 Å². The zero-order valence-electron chi connectivity index (χ0n) is 20.7. The zero-order chi connectivity index (χ0) is 25.7. The summed E-state index contributed by atoms with van der Waals surface area (Å²) in [6.07, 6.45) is 1.84. The van der Waals surface area contributed by atoms with Gasteiger partial charge in [-0.05, 0) is 85.6 Å². The average Bonchev–Trinajstić information content (AvgIpc) is 3.18. The van der Waals surface area contributed by atoms with Crippen LogP contribution in [0.15, 0.2) is 70.6 Å². The van der Waals surface area contributed by atoms with Crippen LogP contribution < -0.4 is 9.47 Å². The summed E-state index contributed by atoms with van der Waals surface area (Å²) in [5, 5.41) is 9.96. The number of benzene rings is 3. The van der Waals surface area contributed by atoms with Gasteiger partial charge in [-0.2, -0.15) is 5.26 Å². The van der Waals surface area contributed by atoms with Gasteiger partial charge in [0, 0.05) is 12.1 Å². The second-order valence-corrected chi connectivity index (χ2v) is 9.30. The van der Waals surface area contributed by atoms with Crippen LogP contribution in [0, 0.1) is 25.2 Å². The number of likely N-dealkylation sites (N-methyl/N-ethyl adjacent to an activating group) is 1. The van der Waals surface area contributed by atoms with Crippen LogP contribution in [-0.4, -0.2) is 29.6 Å². The molecule has 1 heterocycles. The highest BCUT2D eigenvalue weighted by atomic mass is 32.2. The van der Waals surface area contributed by atoms with Crippen molar-refractivity contribution in [2.75, 3.05) is 13.7 Å². The molecule has 4 rings (SSSR count). The van der Waals surface area contributed by atoms with Gasteiger partial charge < -0.3 is 9.47 Å². The lowest BCUT2D eigenvalue weighted by Gasteiger charge is -2.12. The van der Waals surface area contributed by atoms with Crippen molar-refractivity contribution in [3.63, 3.8) is 0 Å². The first-order chi connectivity index (χ1) is 17.4. The molecule has 0 unspecified atom stereocenters. The number of amidine groups is 1. The second kappa shape index (κ2) is 11.1. The highest BCUT2D eigenvalue weighted by Gasteiger charge is 2.32. The number of carbonyl (C=O) groups excluding carboxylic acids is 1. The minimum atomic E-state index is -0.0718. The molecule has 0 atom stereocenters. The number of nitriles is 1. The molecule has 0 spiro atoms. The van der Waals surface area contributed by atoms with Crippen LogP contribution in [0.4, 0.5) is 5.69 Å². The topological polar surface area (TPSA) is 74.9 Å². The molecule has 3 aromatic rings. The van der Waals surface area contributed by atoms with E-state index >= 15 is 0 Å². The van der Waals surface area contributed by atoms with Gasteiger partial charge in [-0.25, -0.2) is 4.99 Å². The summed E-state index contributed by atoms with van der Waals surface area (Å²) < 4.78 is 11.5. The van der Waals surface area contributed by atoms with E-state index in [0.29, 0.717) is 33.7 Å². The molecule has 0 N–H and O–H groups in total. The maximum absolute atomic E-state index is 13.1. The number of aryl methyl sites for hydroxylation is 2. The Morgan fingerprint density at radius 1 is 1.06 bits per heavy atom. The minimum Gasteiger partial charge on any atom is -0.493 e. The second-order valence-electron chi connectivity index (χ2n) is 8.29. The summed E-state index contributed by atoms with van der Waals surface area (Å²) in [5.74, 6) is 1.04. The lowest BCUT2D eigenvalue weighted by molar-refractivity contribution is -0.122. The lowest BCUT2D eigenvalue weighted by Crippen LogP contribution is -2.28. The van der Waals surface area contributed by atoms with Gasteiger partial charge >= 0.3 is 0 Å². The molecule has 1 saturated heterocycles. The minimum absolute atomic E-state index is 0.0718. The predicted molar refractivity (Wildman–Crippen MR) is 144 cm³/mol. The molecular weight excluding hydrogens is 470 g/mol. The molecule has 6 nitrogen and oxygen atoms in total. The van der Waals surface area contributed by atoms with E-state index < -0.39 is 0 Å². The van der Waals surface area contributed by atoms with Crippen LogP contribution in [0.3, 0.4) is 0 Å². The van der Waals surface area contributed by atoms with Gasteiger partial charge in [0.05, 0.1) is 29.3 Å². The first-order valence-corrected chi connectivity index (χ1v) is 12.4. The number of hydrogen-bond donors (Lipinski definition) is 0. The van der Waals surface area contributed by atoms with Crippen LogP contribution in [0.1, 0.15) is 34.7 Å². The van der Waals surface area contributed by atoms with Crippen molar-refractivity contribution in [2.45, 2.75) is 27.4 Å². The number of thioether (sulfide) groups is 1. The molecule has 1 aliphatic heterocycles. The molecule has 0 saturated carbocycles. The number of carbonyl (C=O) groups is 1. The molecule has 36 heavy (non-hydrogen) atoms. The Morgan fingerprint density at radius 2 is 1.86 bits per heavy atom. The Balaban J connectivity index is 1.56. The number of nitrogens with zero attached hydrogens (tertiary/aromatic N) is 3. The first kappa shape index (κ1) is 25.1. The van der Waals surface area contributed by atoms with Crippen molar-refractivity contribution in [3.8, 4) is 17.6 Å². The summed E-state index contributed by atoms with van der Waals surface area (Å²) in [7, 11) is 1.57. The molecule has 1 aliphatic rings. The van der Waals surface area contributed by atoms with E-state index in [-0.39, 0.29) is 12.5 Å². The van der Waals surface area contributed by atoms with Gasteiger partial charge in [-0.1, -0.05) is 30.3 Å². The van der Waals surface area contributed by atoms with E-state index in [2.05, 4.69) is 19.9 Å². The number of rotatable bonds is 7. The van der Waals surface area contributed by atoms with Gasteiger partial charge in [0.2, 0.25) is 0 Å². The van der Waals surface area contributed by atoms with E-state index in [1.165, 1.54) is 17.3 Å². The molecule has 0 aliphatic carbocycles. The van der Waals surface area contributed by atoms with Crippen LogP contribution in [0.25, 0.3) is 6.08 Å². The Morgan fingerprint density at radius 3 is 2.58 bits per heavy atom. The zero-order valence-corrected chi connectivity index (χ0v) is 21.6. The standard InChI is InChI=1S/C29H27N3O3S/c1-5-32-28(33)27(36-29(32)31-24-12-10-19(2)20(3)14-24)16-21-11-13-25(26(15-21)34-4)35-18-23-9-7-6-8-22(23)17-30/h6-16H,5,18H2,1-4H3/b27-16-,31-29?. The van der Waals surface area contributed by atoms with Crippen LogP contribution in [0.2, 0.25) is 0 Å². The fraction of sp³-hybridized carbons (Fsp3) is 0.207. The van der Waals surface area contributed by atoms with Crippen molar-refractivity contribution in [1.29, 1.82) is 5.26 Å². The van der Waals surface area contributed by atoms with Crippen molar-refractivity contribution in [3.05, 3.63) is 93.4 Å². The molecule has 182 valence electrons. The molecule has 0 aromatic heterocycles. The SMILES string of the molecule is CCN1C(=O)/C(=C/c2ccc(OCc3ccccc3C#N)c(OC)c2)SC1=Nc1ccc(C)c(C)c1. The maximum atomic E-state index is 13.1. The Bertz CT molecular complexity index is 1410. The normalized spacial score (nSPS) is 15.4. The number of amides is 1. The van der Waals surface area contributed by atoms with Crippen molar-refractivity contribution < 1.29 is 14.3 Å². The Hall–Kier alpha value is -4.02. The third kappa shape index (κ3) is 5.45. The summed E-state index contributed by atoms with van der Waals surface area (Å²) in [6.45, 7) is 6.84. The molecule has 1 fully saturated rings. The third-order valence-electron chi connectivity index (χ3n) is 5.93. The van der Waals surface area contributed by atoms with Crippen molar-refractivity contribution in [1.82, 2.24) is 4.90 Å². The summed E-state index contributed by atoms with van der Waals surface area (Å²) in [5.41, 5.74) is 5.39. The van der Waals surface area contributed by atoms with Crippen LogP contribution in [-0.2, 0) is 11.4 Å². The fourth-order valence-electron chi connectivity index (χ4n) is 3.73. The van der Waals surface area contributed by atoms with E-state index in [1.54, 1.807) is 18.1 Å². The summed E-state index contributed by atoms with van der Waals surface area (Å²) >= 11 is 1.37. The monoisotopic (exact) mass is 497 g/mol. The Labute approximate surface area is 215 Å². The van der Waals surface area contributed by atoms with Gasteiger partial charge in [-0.3, -0.25) is 9.69 Å². The third-order valence-corrected chi connectivity index (χ3v) is 6.93. The van der Waals surface area contributed by atoms with Gasteiger partial charge in [0.25, 0.3) is 5.91 Å². The van der Waals surface area contributed by atoms with Crippen LogP contribution >= 0.6 is 11.8 Å². The van der Waals surface area contributed by atoms with E-state index in [0.717, 1.165) is 22.4 Å². The van der Waals surface area contributed by atoms with Gasteiger partial charge in [-0.15, -0.1) is 0 Å². The number of methoxy groups -OCH3 is 1. The number of aliphatic imine (C=N–C) groups is 1. The lowest BCUT2D eigenvalue weighted by atomic mass is 10.1. The van der Waals surface area contributed by atoms with E-state index in [1.807, 2.05) is 67.6 Å². The summed E-state index contributed by atoms with van der Waals surface area (Å²) in [4.78, 5) is 20.1. The first-order valence-electron chi connectivity index (χ1n) is 11.6.